The summed E-state index contributed by atoms with van der Waals surface area (Å²) >= 11 is 0. The second-order valence-electron chi connectivity index (χ2n) is 6.46. The van der Waals surface area contributed by atoms with Crippen molar-refractivity contribution in [2.24, 2.45) is 0 Å². The number of rotatable bonds is 1. The average molecular weight is 302 g/mol. The van der Waals surface area contributed by atoms with Crippen molar-refractivity contribution in [2.45, 2.75) is 57.5 Å². The van der Waals surface area contributed by atoms with E-state index in [9.17, 15) is 9.59 Å². The SMILES string of the molecule is Cc1nccc(C(=O)N2CCC[C@]3(C)NC(=O)CCC[C@H]23)n1. The molecule has 22 heavy (non-hydrogen) atoms. The van der Waals surface area contributed by atoms with Crippen LogP contribution >= 0.6 is 0 Å². The largest absolute Gasteiger partial charge is 0.349 e. The fraction of sp³-hybridized carbons (Fsp3) is 0.625. The average Bonchev–Trinajstić information content (AvgIpc) is 2.63. The minimum atomic E-state index is -0.330. The molecule has 2 aliphatic rings. The van der Waals surface area contributed by atoms with E-state index in [-0.39, 0.29) is 23.4 Å². The number of aromatic nitrogens is 2. The van der Waals surface area contributed by atoms with Crippen LogP contribution in [-0.4, -0.2) is 44.8 Å². The zero-order chi connectivity index (χ0) is 15.7. The van der Waals surface area contributed by atoms with Crippen molar-refractivity contribution in [3.05, 3.63) is 23.8 Å². The molecule has 0 spiro atoms. The van der Waals surface area contributed by atoms with E-state index in [4.69, 9.17) is 0 Å². The maximum absolute atomic E-state index is 12.9. The second-order valence-corrected chi connectivity index (χ2v) is 6.46. The van der Waals surface area contributed by atoms with Gasteiger partial charge >= 0.3 is 0 Å². The number of fused-ring (bicyclic) bond motifs is 1. The molecular formula is C16H22N4O2. The Morgan fingerprint density at radius 2 is 2.27 bits per heavy atom. The lowest BCUT2D eigenvalue weighted by Crippen LogP contribution is -2.63. The summed E-state index contributed by atoms with van der Waals surface area (Å²) in [5.74, 6) is 0.634. The van der Waals surface area contributed by atoms with E-state index in [0.29, 0.717) is 17.9 Å². The molecule has 3 heterocycles. The van der Waals surface area contributed by atoms with Crippen molar-refractivity contribution in [3.8, 4) is 0 Å². The van der Waals surface area contributed by atoms with Crippen LogP contribution in [0.2, 0.25) is 0 Å². The van der Waals surface area contributed by atoms with E-state index in [1.165, 1.54) is 0 Å². The minimum Gasteiger partial charge on any atom is -0.349 e. The first-order valence-corrected chi connectivity index (χ1v) is 7.91. The third-order valence-corrected chi connectivity index (χ3v) is 4.77. The van der Waals surface area contributed by atoms with Crippen LogP contribution in [0.5, 0.6) is 0 Å². The minimum absolute atomic E-state index is 0.0375. The van der Waals surface area contributed by atoms with E-state index in [1.807, 2.05) is 4.90 Å². The van der Waals surface area contributed by atoms with Crippen LogP contribution in [0.4, 0.5) is 0 Å². The Labute approximate surface area is 130 Å². The maximum atomic E-state index is 12.9. The highest BCUT2D eigenvalue weighted by molar-refractivity contribution is 5.92. The molecule has 6 nitrogen and oxygen atoms in total. The first kappa shape index (κ1) is 14.9. The number of hydrogen-bond acceptors (Lipinski definition) is 4. The molecule has 3 rings (SSSR count). The molecule has 6 heteroatoms. The fourth-order valence-corrected chi connectivity index (χ4v) is 3.71. The maximum Gasteiger partial charge on any atom is 0.272 e. The van der Waals surface area contributed by atoms with Crippen LogP contribution < -0.4 is 5.32 Å². The summed E-state index contributed by atoms with van der Waals surface area (Å²) in [6.45, 7) is 4.56. The number of carbonyl (C=O) groups excluding carboxylic acids is 2. The zero-order valence-corrected chi connectivity index (χ0v) is 13.1. The van der Waals surface area contributed by atoms with Crippen LogP contribution in [0.3, 0.4) is 0 Å². The summed E-state index contributed by atoms with van der Waals surface area (Å²) in [4.78, 5) is 35.0. The third-order valence-electron chi connectivity index (χ3n) is 4.77. The van der Waals surface area contributed by atoms with Gasteiger partial charge in [-0.15, -0.1) is 0 Å². The number of piperidine rings is 1. The Kier molecular flexibility index (Phi) is 3.85. The Bertz CT molecular complexity index is 604. The van der Waals surface area contributed by atoms with Crippen molar-refractivity contribution in [1.29, 1.82) is 0 Å². The fourth-order valence-electron chi connectivity index (χ4n) is 3.71. The molecule has 1 aromatic rings. The van der Waals surface area contributed by atoms with E-state index in [0.717, 1.165) is 32.2 Å². The van der Waals surface area contributed by atoms with Gasteiger partial charge in [-0.1, -0.05) is 0 Å². The Balaban J connectivity index is 1.89. The van der Waals surface area contributed by atoms with Gasteiger partial charge in [-0.2, -0.15) is 0 Å². The number of likely N-dealkylation sites (tertiary alicyclic amines) is 1. The molecule has 0 aliphatic carbocycles. The first-order chi connectivity index (χ1) is 10.5. The number of carbonyl (C=O) groups is 2. The molecular weight excluding hydrogens is 280 g/mol. The summed E-state index contributed by atoms with van der Waals surface area (Å²) in [5.41, 5.74) is 0.108. The number of nitrogens with zero attached hydrogens (tertiary/aromatic N) is 3. The number of hydrogen-bond donors (Lipinski definition) is 1. The summed E-state index contributed by atoms with van der Waals surface area (Å²) in [7, 11) is 0. The summed E-state index contributed by atoms with van der Waals surface area (Å²) in [6, 6.07) is 1.70. The second kappa shape index (κ2) is 5.66. The van der Waals surface area contributed by atoms with Gasteiger partial charge in [0.1, 0.15) is 11.5 Å². The molecule has 0 radical (unpaired) electrons. The molecule has 2 saturated heterocycles. The van der Waals surface area contributed by atoms with Gasteiger partial charge in [-0.25, -0.2) is 9.97 Å². The molecule has 118 valence electrons. The zero-order valence-electron chi connectivity index (χ0n) is 13.1. The van der Waals surface area contributed by atoms with Crippen molar-refractivity contribution in [1.82, 2.24) is 20.2 Å². The highest BCUT2D eigenvalue weighted by Crippen LogP contribution is 2.33. The van der Waals surface area contributed by atoms with Gasteiger partial charge in [0.25, 0.3) is 5.91 Å². The molecule has 1 N–H and O–H groups in total. The van der Waals surface area contributed by atoms with Gasteiger partial charge < -0.3 is 10.2 Å². The van der Waals surface area contributed by atoms with Crippen LogP contribution in [-0.2, 0) is 4.79 Å². The van der Waals surface area contributed by atoms with Crippen molar-refractivity contribution < 1.29 is 9.59 Å². The lowest BCUT2D eigenvalue weighted by Gasteiger charge is -2.47. The first-order valence-electron chi connectivity index (χ1n) is 7.91. The standard InChI is InChI=1S/C16H22N4O2/c1-11-17-9-7-12(18-11)15(22)20-10-4-8-16(2)13(20)5-3-6-14(21)19-16/h7,9,13H,3-6,8,10H2,1-2H3,(H,19,21)/t13-,16-/m0/s1. The van der Waals surface area contributed by atoms with Gasteiger partial charge in [-0.05, 0) is 45.6 Å². The van der Waals surface area contributed by atoms with E-state index >= 15 is 0 Å². The molecule has 1 aromatic heterocycles. The van der Waals surface area contributed by atoms with Gasteiger partial charge in [0.05, 0.1) is 11.6 Å². The van der Waals surface area contributed by atoms with Crippen LogP contribution in [0.15, 0.2) is 12.3 Å². The Hall–Kier alpha value is -1.98. The number of nitrogens with one attached hydrogen (secondary N) is 1. The normalized spacial score (nSPS) is 28.5. The van der Waals surface area contributed by atoms with Crippen molar-refractivity contribution >= 4 is 11.8 Å². The third kappa shape index (κ3) is 2.69. The Morgan fingerprint density at radius 1 is 1.45 bits per heavy atom. The van der Waals surface area contributed by atoms with Crippen molar-refractivity contribution in [2.75, 3.05) is 6.54 Å². The van der Waals surface area contributed by atoms with Crippen LogP contribution in [0.1, 0.15) is 55.3 Å². The van der Waals surface area contributed by atoms with E-state index < -0.39 is 0 Å². The molecule has 2 atom stereocenters. The molecule has 0 saturated carbocycles. The summed E-state index contributed by atoms with van der Waals surface area (Å²) in [6.07, 6.45) is 5.64. The summed E-state index contributed by atoms with van der Waals surface area (Å²) < 4.78 is 0. The predicted molar refractivity (Wildman–Crippen MR) is 81.2 cm³/mol. The van der Waals surface area contributed by atoms with Crippen LogP contribution in [0, 0.1) is 6.92 Å². The molecule has 2 amide bonds. The van der Waals surface area contributed by atoms with Gasteiger partial charge in [-0.3, -0.25) is 9.59 Å². The summed E-state index contributed by atoms with van der Waals surface area (Å²) in [5, 5.41) is 3.14. The topological polar surface area (TPSA) is 75.2 Å². The monoisotopic (exact) mass is 302 g/mol. The number of aryl methyl sites for hydroxylation is 1. The van der Waals surface area contributed by atoms with Crippen molar-refractivity contribution in [3.63, 3.8) is 0 Å². The van der Waals surface area contributed by atoms with Gasteiger partial charge in [0.15, 0.2) is 0 Å². The van der Waals surface area contributed by atoms with Gasteiger partial charge in [0.2, 0.25) is 5.91 Å². The molecule has 2 aliphatic heterocycles. The molecule has 0 aromatic carbocycles. The lowest BCUT2D eigenvalue weighted by molar-refractivity contribution is -0.123. The van der Waals surface area contributed by atoms with E-state index in [2.05, 4.69) is 22.2 Å². The molecule has 2 fully saturated rings. The van der Waals surface area contributed by atoms with E-state index in [1.54, 1.807) is 19.2 Å². The van der Waals surface area contributed by atoms with Gasteiger partial charge in [0, 0.05) is 19.2 Å². The highest BCUT2D eigenvalue weighted by Gasteiger charge is 2.45. The lowest BCUT2D eigenvalue weighted by atomic mass is 9.81. The molecule has 0 unspecified atom stereocenters. The van der Waals surface area contributed by atoms with Crippen LogP contribution in [0.25, 0.3) is 0 Å². The quantitative estimate of drug-likeness (QED) is 0.852. The predicted octanol–water partition coefficient (Wildman–Crippen LogP) is 1.45. The smallest absolute Gasteiger partial charge is 0.272 e. The highest BCUT2D eigenvalue weighted by atomic mass is 16.2. The number of amides is 2. The Morgan fingerprint density at radius 3 is 3.05 bits per heavy atom. The molecule has 0 bridgehead atoms.